The van der Waals surface area contributed by atoms with E-state index in [9.17, 15) is 18.9 Å². The van der Waals surface area contributed by atoms with Gasteiger partial charge in [0.25, 0.3) is 0 Å². The minimum atomic E-state index is -3.51. The third-order valence-corrected chi connectivity index (χ3v) is 1.50. The molecule has 0 aliphatic carbocycles. The van der Waals surface area contributed by atoms with E-state index in [1.54, 1.807) is 0 Å². The second kappa shape index (κ2) is 14.7. The maximum absolute atomic E-state index is 9.29. The van der Waals surface area contributed by atoms with Crippen LogP contribution in [-0.4, -0.2) is 60.1 Å². The fourth-order valence-corrected chi connectivity index (χ4v) is 0.612. The van der Waals surface area contributed by atoms with Crippen LogP contribution in [0.2, 0.25) is 0 Å². The van der Waals surface area contributed by atoms with Gasteiger partial charge < -0.3 is 24.0 Å². The molecule has 0 aromatic carbocycles. The summed E-state index contributed by atoms with van der Waals surface area (Å²) in [5.74, 6) is 0. The predicted octanol–water partition coefficient (Wildman–Crippen LogP) is -1.70. The molecule has 1 N–H and O–H groups in total. The maximum atomic E-state index is 9.29. The number of halogens is 1. The molecule has 0 aliphatic rings. The van der Waals surface area contributed by atoms with E-state index in [-0.39, 0.29) is 54.9 Å². The summed E-state index contributed by atoms with van der Waals surface area (Å²) in [5.41, 5.74) is 0. The Kier molecular flexibility index (Phi) is 25.1. The second-order valence-electron chi connectivity index (χ2n) is 0.722. The van der Waals surface area contributed by atoms with E-state index in [0.717, 1.165) is 0 Å². The van der Waals surface area contributed by atoms with Gasteiger partial charge >= 0.3 is 48.9 Å². The number of hydrogen-bond acceptors (Lipinski definition) is 6. The fourth-order valence-electron chi connectivity index (χ4n) is 0.0680. The van der Waals surface area contributed by atoms with Crippen molar-refractivity contribution in [3.63, 3.8) is 0 Å². The molecule has 6 nitrogen and oxygen atoms in total. The molecule has 0 fully saturated rings. The molecule has 0 spiro atoms. The SMILES string of the molecule is O=[PH]([O-])O[PH](=O)[O-].OCCl.[Ba+2]. The van der Waals surface area contributed by atoms with Crippen molar-refractivity contribution in [1.82, 2.24) is 0 Å². The third-order valence-electron chi connectivity index (χ3n) is 0.167. The molecule has 0 saturated carbocycles. The quantitative estimate of drug-likeness (QED) is 0.362. The topological polar surface area (TPSA) is 110 Å². The first kappa shape index (κ1) is 18.9. The molecule has 2 atom stereocenters. The average Bonchev–Trinajstić information content (AvgIpc) is 1.62. The molecule has 10 heteroatoms. The Morgan fingerprint density at radius 1 is 1.36 bits per heavy atom. The van der Waals surface area contributed by atoms with Gasteiger partial charge in [0.1, 0.15) is 22.6 Å². The number of alkyl halides is 1. The van der Waals surface area contributed by atoms with Crippen molar-refractivity contribution in [3.05, 3.63) is 0 Å². The molecule has 64 valence electrons. The molecule has 0 saturated heterocycles. The van der Waals surface area contributed by atoms with Gasteiger partial charge in [0.15, 0.2) is 0 Å². The van der Waals surface area contributed by atoms with E-state index in [4.69, 9.17) is 5.11 Å². The molecule has 0 bridgehead atoms. The van der Waals surface area contributed by atoms with Crippen molar-refractivity contribution < 1.29 is 28.3 Å². The average molecular weight is 348 g/mol. The Hall–Kier alpha value is 2.16. The molecular formula is CH5BaClO6P2. The zero-order valence-corrected chi connectivity index (χ0v) is 12.5. The summed E-state index contributed by atoms with van der Waals surface area (Å²) in [7, 11) is -7.03. The first-order valence-corrected chi connectivity index (χ1v) is 4.79. The zero-order chi connectivity index (χ0) is 8.57. The summed E-state index contributed by atoms with van der Waals surface area (Å²) in [5, 5.41) is 7.33. The van der Waals surface area contributed by atoms with Gasteiger partial charge in [0.2, 0.25) is 0 Å². The summed E-state index contributed by atoms with van der Waals surface area (Å²) in [6, 6.07) is -0.278. The Morgan fingerprint density at radius 3 is 1.55 bits per heavy atom. The van der Waals surface area contributed by atoms with E-state index in [2.05, 4.69) is 15.9 Å². The van der Waals surface area contributed by atoms with Gasteiger partial charge in [-0.05, 0) is 0 Å². The van der Waals surface area contributed by atoms with Gasteiger partial charge in [-0.3, -0.25) is 4.31 Å². The molecule has 0 aliphatic heterocycles. The normalized spacial score (nSPS) is 13.5. The zero-order valence-electron chi connectivity index (χ0n) is 5.28. The summed E-state index contributed by atoms with van der Waals surface area (Å²) in [4.78, 5) is 18.6. The van der Waals surface area contributed by atoms with Crippen LogP contribution in [0.5, 0.6) is 0 Å². The van der Waals surface area contributed by atoms with Crippen LogP contribution in [-0.2, 0) is 13.4 Å². The summed E-state index contributed by atoms with van der Waals surface area (Å²) in [6.45, 7) is 0. The molecule has 0 aromatic heterocycles. The van der Waals surface area contributed by atoms with Gasteiger partial charge in [0, 0.05) is 0 Å². The van der Waals surface area contributed by atoms with Crippen molar-refractivity contribution in [2.24, 2.45) is 0 Å². The van der Waals surface area contributed by atoms with E-state index in [1.807, 2.05) is 0 Å². The van der Waals surface area contributed by atoms with Gasteiger partial charge in [0.05, 0.1) is 0 Å². The maximum Gasteiger partial charge on any atom is 2.00 e. The van der Waals surface area contributed by atoms with Crippen molar-refractivity contribution in [2.75, 3.05) is 6.07 Å². The first-order valence-electron chi connectivity index (χ1n) is 1.81. The van der Waals surface area contributed by atoms with Crippen LogP contribution >= 0.6 is 28.1 Å². The van der Waals surface area contributed by atoms with Crippen LogP contribution in [0.4, 0.5) is 0 Å². The van der Waals surface area contributed by atoms with E-state index in [0.29, 0.717) is 0 Å². The van der Waals surface area contributed by atoms with E-state index >= 15 is 0 Å². The standard InChI is InChI=1S/CH3ClO.Ba.H4O5P2/c2-1-3;;1-6(2)5-7(3)4/h3H,1H2;;6-7H,(H,1,2)(H,3,4)/q;+2;/p-2. The minimum Gasteiger partial charge on any atom is -0.781 e. The molecule has 0 radical (unpaired) electrons. The van der Waals surface area contributed by atoms with Crippen LogP contribution in [0.25, 0.3) is 0 Å². The Bertz CT molecular complexity index is 107. The molecule has 0 aromatic rings. The van der Waals surface area contributed by atoms with Gasteiger partial charge in [-0.15, -0.1) is 0 Å². The second-order valence-corrected chi connectivity index (χ2v) is 2.78. The van der Waals surface area contributed by atoms with Crippen molar-refractivity contribution in [2.45, 2.75) is 0 Å². The van der Waals surface area contributed by atoms with Crippen LogP contribution in [0.15, 0.2) is 0 Å². The van der Waals surface area contributed by atoms with Gasteiger partial charge in [-0.1, -0.05) is 11.6 Å². The number of aliphatic hydroxyl groups excluding tert-OH is 1. The predicted molar refractivity (Wildman–Crippen MR) is 37.8 cm³/mol. The number of hydrogen-bond donors (Lipinski definition) is 1. The van der Waals surface area contributed by atoms with E-state index < -0.39 is 16.5 Å². The molecule has 0 amide bonds. The number of rotatable bonds is 2. The minimum absolute atomic E-state index is 0. The number of aliphatic hydroxyl groups is 1. The smallest absolute Gasteiger partial charge is 0.781 e. The van der Waals surface area contributed by atoms with Crippen molar-refractivity contribution >= 4 is 77.0 Å². The van der Waals surface area contributed by atoms with E-state index in [1.165, 1.54) is 0 Å². The fraction of sp³-hybridized carbons (Fsp3) is 1.00. The largest absolute Gasteiger partial charge is 2.00 e. The van der Waals surface area contributed by atoms with Gasteiger partial charge in [-0.25, -0.2) is 0 Å². The third kappa shape index (κ3) is 33.1. The monoisotopic (exact) mass is 348 g/mol. The Balaban J connectivity index is -0.000000140. The molecule has 0 rings (SSSR count). The van der Waals surface area contributed by atoms with Crippen molar-refractivity contribution in [1.29, 1.82) is 0 Å². The summed E-state index contributed by atoms with van der Waals surface area (Å²) < 4.78 is 21.8. The summed E-state index contributed by atoms with van der Waals surface area (Å²) in [6.07, 6.45) is 0. The molecule has 11 heavy (non-hydrogen) atoms. The Morgan fingerprint density at radius 2 is 1.55 bits per heavy atom. The van der Waals surface area contributed by atoms with Crippen LogP contribution in [0.1, 0.15) is 0 Å². The van der Waals surface area contributed by atoms with Gasteiger partial charge in [-0.2, -0.15) is 0 Å². The summed E-state index contributed by atoms with van der Waals surface area (Å²) >= 11 is 4.55. The van der Waals surface area contributed by atoms with Crippen LogP contribution in [0, 0.1) is 0 Å². The molecule has 0 heterocycles. The van der Waals surface area contributed by atoms with Crippen LogP contribution < -0.4 is 9.79 Å². The Labute approximate surface area is 110 Å². The molecule has 2 unspecified atom stereocenters. The van der Waals surface area contributed by atoms with Crippen molar-refractivity contribution in [3.8, 4) is 0 Å². The van der Waals surface area contributed by atoms with Crippen LogP contribution in [0.3, 0.4) is 0 Å². The molecular weight excluding hydrogens is 343 g/mol. The first-order chi connectivity index (χ1) is 4.54.